The molecule has 142 valence electrons. The first-order valence-electron chi connectivity index (χ1n) is 8.95. The van der Waals surface area contributed by atoms with Crippen LogP contribution in [-0.2, 0) is 9.53 Å². The van der Waals surface area contributed by atoms with Crippen molar-refractivity contribution in [3.05, 3.63) is 12.1 Å². The minimum absolute atomic E-state index is 0.0280. The number of hydrogen-bond acceptors (Lipinski definition) is 7. The molecule has 0 unspecified atom stereocenters. The smallest absolute Gasteiger partial charge is 0.275 e. The fraction of sp³-hybridized carbons (Fsp3) is 0.611. The Labute approximate surface area is 157 Å². The predicted molar refractivity (Wildman–Crippen MR) is 99.8 cm³/mol. The Morgan fingerprint density at radius 1 is 1.35 bits per heavy atom. The van der Waals surface area contributed by atoms with Crippen molar-refractivity contribution in [3.63, 3.8) is 0 Å². The first-order chi connectivity index (χ1) is 12.5. The molecule has 2 heterocycles. The Morgan fingerprint density at radius 3 is 2.88 bits per heavy atom. The van der Waals surface area contributed by atoms with E-state index in [1.54, 1.807) is 0 Å². The van der Waals surface area contributed by atoms with Crippen LogP contribution < -0.4 is 14.8 Å². The highest BCUT2D eigenvalue weighted by molar-refractivity contribution is 7.19. The van der Waals surface area contributed by atoms with E-state index in [1.807, 2.05) is 26.0 Å². The third-order valence-electron chi connectivity index (χ3n) is 4.17. The molecule has 26 heavy (non-hydrogen) atoms. The van der Waals surface area contributed by atoms with Gasteiger partial charge in [0.1, 0.15) is 5.52 Å². The number of nitrogens with zero attached hydrogens (tertiary/aromatic N) is 2. The third-order valence-corrected chi connectivity index (χ3v) is 5.05. The summed E-state index contributed by atoms with van der Waals surface area (Å²) in [4.78, 5) is 20.7. The zero-order chi connectivity index (χ0) is 18.5. The highest BCUT2D eigenvalue weighted by atomic mass is 32.1. The van der Waals surface area contributed by atoms with Crippen molar-refractivity contribution in [2.45, 2.75) is 45.8 Å². The topological polar surface area (TPSA) is 82.6 Å². The molecule has 8 heteroatoms. The van der Waals surface area contributed by atoms with Crippen LogP contribution in [0.4, 0.5) is 0 Å². The number of carbonyl (C=O) groups excluding carboxylic acids is 1. The van der Waals surface area contributed by atoms with Crippen LogP contribution in [0.1, 0.15) is 33.6 Å². The Bertz CT molecular complexity index is 745. The minimum Gasteiger partial charge on any atom is -0.477 e. The van der Waals surface area contributed by atoms with E-state index in [-0.39, 0.29) is 18.1 Å². The van der Waals surface area contributed by atoms with E-state index < -0.39 is 0 Å². The SMILES string of the molecule is CCOc1nc2ccc(OCC3CC(OC[C@H](C)NC(C)=O)C3)nc2s1. The van der Waals surface area contributed by atoms with Gasteiger partial charge in [0.05, 0.1) is 25.9 Å². The lowest BCUT2D eigenvalue weighted by Gasteiger charge is -2.35. The molecule has 1 fully saturated rings. The molecule has 3 rings (SSSR count). The Hall–Kier alpha value is -1.93. The number of amides is 1. The number of pyridine rings is 1. The van der Waals surface area contributed by atoms with Gasteiger partial charge in [0, 0.05) is 19.0 Å². The Balaban J connectivity index is 1.39. The number of aromatic nitrogens is 2. The van der Waals surface area contributed by atoms with E-state index in [0.717, 1.165) is 23.2 Å². The zero-order valence-corrected chi connectivity index (χ0v) is 16.2. The summed E-state index contributed by atoms with van der Waals surface area (Å²) in [5, 5.41) is 3.46. The molecule has 1 saturated carbocycles. The van der Waals surface area contributed by atoms with Gasteiger partial charge >= 0.3 is 0 Å². The molecule has 0 bridgehead atoms. The van der Waals surface area contributed by atoms with Gasteiger partial charge in [0.2, 0.25) is 11.8 Å². The number of ether oxygens (including phenoxy) is 3. The summed E-state index contributed by atoms with van der Waals surface area (Å²) >= 11 is 1.43. The van der Waals surface area contributed by atoms with Gasteiger partial charge in [-0.05, 0) is 38.7 Å². The van der Waals surface area contributed by atoms with E-state index in [0.29, 0.717) is 36.8 Å². The number of hydrogen-bond donors (Lipinski definition) is 1. The molecular formula is C18H25N3O4S. The minimum atomic E-state index is -0.0280. The number of carbonyl (C=O) groups is 1. The second-order valence-electron chi connectivity index (χ2n) is 6.59. The van der Waals surface area contributed by atoms with Crippen molar-refractivity contribution in [3.8, 4) is 11.1 Å². The number of thiazole rings is 1. The molecule has 0 saturated heterocycles. The van der Waals surface area contributed by atoms with Gasteiger partial charge in [-0.3, -0.25) is 4.79 Å². The van der Waals surface area contributed by atoms with Gasteiger partial charge < -0.3 is 19.5 Å². The summed E-state index contributed by atoms with van der Waals surface area (Å²) in [7, 11) is 0. The lowest BCUT2D eigenvalue weighted by atomic mass is 9.83. The maximum absolute atomic E-state index is 11.0. The third kappa shape index (κ3) is 5.04. The quantitative estimate of drug-likeness (QED) is 0.721. The lowest BCUT2D eigenvalue weighted by Crippen LogP contribution is -2.40. The molecule has 1 aliphatic carbocycles. The second-order valence-corrected chi connectivity index (χ2v) is 7.53. The van der Waals surface area contributed by atoms with Crippen LogP contribution in [0.3, 0.4) is 0 Å². The largest absolute Gasteiger partial charge is 0.477 e. The summed E-state index contributed by atoms with van der Waals surface area (Å²) in [6.45, 7) is 7.17. The molecule has 1 aliphatic rings. The van der Waals surface area contributed by atoms with E-state index in [2.05, 4.69) is 15.3 Å². The number of rotatable bonds is 9. The number of fused-ring (bicyclic) bond motifs is 1. The highest BCUT2D eigenvalue weighted by Gasteiger charge is 2.30. The van der Waals surface area contributed by atoms with Gasteiger partial charge in [-0.15, -0.1) is 0 Å². The van der Waals surface area contributed by atoms with Gasteiger partial charge in [-0.1, -0.05) is 11.3 Å². The van der Waals surface area contributed by atoms with Crippen LogP contribution in [0.2, 0.25) is 0 Å². The molecule has 0 aliphatic heterocycles. The fourth-order valence-electron chi connectivity index (χ4n) is 2.86. The molecule has 1 N–H and O–H groups in total. The maximum Gasteiger partial charge on any atom is 0.275 e. The average molecular weight is 379 g/mol. The molecule has 2 aromatic heterocycles. The van der Waals surface area contributed by atoms with Crippen LogP contribution in [0.25, 0.3) is 10.3 Å². The van der Waals surface area contributed by atoms with Crippen LogP contribution >= 0.6 is 11.3 Å². The zero-order valence-electron chi connectivity index (χ0n) is 15.4. The molecule has 0 spiro atoms. The summed E-state index contributed by atoms with van der Waals surface area (Å²) in [5.41, 5.74) is 0.830. The van der Waals surface area contributed by atoms with E-state index in [1.165, 1.54) is 18.3 Å². The van der Waals surface area contributed by atoms with Crippen molar-refractivity contribution in [1.82, 2.24) is 15.3 Å². The van der Waals surface area contributed by atoms with Gasteiger partial charge in [-0.25, -0.2) is 9.97 Å². The fourth-order valence-corrected chi connectivity index (χ4v) is 3.70. The summed E-state index contributed by atoms with van der Waals surface area (Å²) < 4.78 is 17.0. The van der Waals surface area contributed by atoms with Crippen LogP contribution in [0, 0.1) is 5.92 Å². The number of nitrogens with one attached hydrogen (secondary N) is 1. The monoisotopic (exact) mass is 379 g/mol. The standard InChI is InChI=1S/C18H25N3O4S/c1-4-23-18-20-15-5-6-16(21-17(15)26-18)25-10-13-7-14(8-13)24-9-11(2)19-12(3)22/h5-6,11,13-14H,4,7-10H2,1-3H3,(H,19,22)/t11-,13?,14?/m0/s1. The van der Waals surface area contributed by atoms with Crippen molar-refractivity contribution < 1.29 is 19.0 Å². The molecule has 1 atom stereocenters. The molecule has 2 aromatic rings. The van der Waals surface area contributed by atoms with E-state index in [9.17, 15) is 4.79 Å². The van der Waals surface area contributed by atoms with Gasteiger partial charge in [0.25, 0.3) is 5.19 Å². The Kier molecular flexibility index (Phi) is 6.26. The van der Waals surface area contributed by atoms with E-state index >= 15 is 0 Å². The van der Waals surface area contributed by atoms with Crippen LogP contribution in [0.5, 0.6) is 11.1 Å². The highest BCUT2D eigenvalue weighted by Crippen LogP contribution is 2.32. The van der Waals surface area contributed by atoms with Crippen LogP contribution in [0.15, 0.2) is 12.1 Å². The molecule has 7 nitrogen and oxygen atoms in total. The van der Waals surface area contributed by atoms with Crippen molar-refractivity contribution in [2.75, 3.05) is 19.8 Å². The normalized spacial score (nSPS) is 20.4. The van der Waals surface area contributed by atoms with Crippen LogP contribution in [-0.4, -0.2) is 47.8 Å². The average Bonchev–Trinajstić information content (AvgIpc) is 2.94. The molecule has 1 amide bonds. The van der Waals surface area contributed by atoms with Gasteiger partial charge in [-0.2, -0.15) is 0 Å². The molecular weight excluding hydrogens is 354 g/mol. The second kappa shape index (κ2) is 8.64. The molecule has 0 radical (unpaired) electrons. The molecule has 0 aromatic carbocycles. The van der Waals surface area contributed by atoms with Gasteiger partial charge in [0.15, 0.2) is 4.83 Å². The lowest BCUT2D eigenvalue weighted by molar-refractivity contribution is -0.120. The summed E-state index contributed by atoms with van der Waals surface area (Å²) in [6, 6.07) is 3.80. The Morgan fingerprint density at radius 2 is 2.15 bits per heavy atom. The first kappa shape index (κ1) is 18.8. The summed E-state index contributed by atoms with van der Waals surface area (Å²) in [6.07, 6.45) is 2.21. The van der Waals surface area contributed by atoms with E-state index in [4.69, 9.17) is 14.2 Å². The maximum atomic E-state index is 11.0. The van der Waals surface area contributed by atoms with Crippen molar-refractivity contribution in [2.24, 2.45) is 5.92 Å². The predicted octanol–water partition coefficient (Wildman–Crippen LogP) is 2.79. The van der Waals surface area contributed by atoms with Crippen molar-refractivity contribution >= 4 is 27.6 Å². The summed E-state index contributed by atoms with van der Waals surface area (Å²) in [5.74, 6) is 1.07. The first-order valence-corrected chi connectivity index (χ1v) is 9.77. The van der Waals surface area contributed by atoms with Crippen molar-refractivity contribution in [1.29, 1.82) is 0 Å².